The summed E-state index contributed by atoms with van der Waals surface area (Å²) in [5.74, 6) is -0.149. The fourth-order valence-corrected chi connectivity index (χ4v) is 2.72. The van der Waals surface area contributed by atoms with Gasteiger partial charge in [0.2, 0.25) is 5.91 Å². The van der Waals surface area contributed by atoms with Gasteiger partial charge >= 0.3 is 5.97 Å². The van der Waals surface area contributed by atoms with Gasteiger partial charge in [-0.05, 0) is 36.6 Å². The van der Waals surface area contributed by atoms with Crippen molar-refractivity contribution in [1.82, 2.24) is 4.90 Å². The van der Waals surface area contributed by atoms with E-state index >= 15 is 0 Å². The Hall–Kier alpha value is -2.54. The minimum absolute atomic E-state index is 0.123. The maximum Gasteiger partial charge on any atom is 0.323 e. The molecule has 1 aromatic rings. The number of ether oxygens (including phenoxy) is 3. The average Bonchev–Trinajstić information content (AvgIpc) is 2.64. The quantitative estimate of drug-likeness (QED) is 0.756. The molecule has 7 nitrogen and oxygen atoms in total. The summed E-state index contributed by atoms with van der Waals surface area (Å²) in [5, 5.41) is 9.10. The first-order chi connectivity index (χ1) is 12.0. The van der Waals surface area contributed by atoms with E-state index in [1.54, 1.807) is 38.5 Å². The lowest BCUT2D eigenvalue weighted by atomic mass is 10.1. The molecule has 1 heterocycles. The second-order valence-corrected chi connectivity index (χ2v) is 5.68. The van der Waals surface area contributed by atoms with Crippen molar-refractivity contribution >= 4 is 18.0 Å². The molecule has 0 saturated carbocycles. The summed E-state index contributed by atoms with van der Waals surface area (Å²) in [6.07, 6.45) is 4.29. The van der Waals surface area contributed by atoms with Crippen molar-refractivity contribution in [2.24, 2.45) is 0 Å². The van der Waals surface area contributed by atoms with E-state index in [1.165, 1.54) is 11.0 Å². The Morgan fingerprint density at radius 1 is 1.20 bits per heavy atom. The van der Waals surface area contributed by atoms with Crippen LogP contribution in [0.2, 0.25) is 0 Å². The lowest BCUT2D eigenvalue weighted by Crippen LogP contribution is -2.45. The molecule has 1 N–H and O–H groups in total. The number of carboxylic acids is 1. The summed E-state index contributed by atoms with van der Waals surface area (Å²) >= 11 is 0. The number of carboxylic acid groups (broad SMARTS) is 1. The zero-order valence-electron chi connectivity index (χ0n) is 14.4. The van der Waals surface area contributed by atoms with Gasteiger partial charge in [-0.25, -0.2) is 0 Å². The molecule has 0 unspecified atom stereocenters. The zero-order valence-corrected chi connectivity index (χ0v) is 14.4. The molecule has 1 saturated heterocycles. The smallest absolute Gasteiger partial charge is 0.323 e. The zero-order chi connectivity index (χ0) is 18.2. The molecule has 25 heavy (non-hydrogen) atoms. The van der Waals surface area contributed by atoms with E-state index in [4.69, 9.17) is 19.3 Å². The van der Waals surface area contributed by atoms with Crippen LogP contribution in [-0.2, 0) is 14.3 Å². The van der Waals surface area contributed by atoms with Crippen LogP contribution in [0.15, 0.2) is 24.3 Å². The van der Waals surface area contributed by atoms with Gasteiger partial charge in [-0.3, -0.25) is 9.59 Å². The van der Waals surface area contributed by atoms with Crippen LogP contribution in [0.1, 0.15) is 18.4 Å². The molecule has 7 heteroatoms. The van der Waals surface area contributed by atoms with E-state index < -0.39 is 5.97 Å². The van der Waals surface area contributed by atoms with E-state index in [1.807, 2.05) is 0 Å². The lowest BCUT2D eigenvalue weighted by molar-refractivity contribution is -0.145. The van der Waals surface area contributed by atoms with Crippen LogP contribution in [0.25, 0.3) is 6.08 Å². The number of carbonyl (C=O) groups excluding carboxylic acids is 1. The third kappa shape index (κ3) is 5.49. The number of nitrogens with zero attached hydrogens (tertiary/aromatic N) is 1. The fraction of sp³-hybridized carbons (Fsp3) is 0.444. The summed E-state index contributed by atoms with van der Waals surface area (Å²) in [6, 6.07) is 5.14. The summed E-state index contributed by atoms with van der Waals surface area (Å²) < 4.78 is 15.7. The lowest BCUT2D eigenvalue weighted by Gasteiger charge is -2.32. The summed E-state index contributed by atoms with van der Waals surface area (Å²) in [5.41, 5.74) is 0.729. The van der Waals surface area contributed by atoms with Gasteiger partial charge in [0.25, 0.3) is 0 Å². The standard InChI is InChI=1S/C18H23NO6/c1-23-15-9-13(10-16(11-15)24-2)3-4-17(20)19(12-18(21)22)14-5-7-25-8-6-14/h3-4,9-11,14H,5-8,12H2,1-2H3,(H,21,22). The molecule has 0 atom stereocenters. The Bertz CT molecular complexity index is 614. The number of hydrogen-bond acceptors (Lipinski definition) is 5. The Labute approximate surface area is 146 Å². The van der Waals surface area contributed by atoms with Crippen molar-refractivity contribution in [3.8, 4) is 11.5 Å². The highest BCUT2D eigenvalue weighted by atomic mass is 16.5. The Morgan fingerprint density at radius 2 is 1.80 bits per heavy atom. The Kier molecular flexibility index (Phi) is 6.82. The van der Waals surface area contributed by atoms with Crippen LogP contribution < -0.4 is 9.47 Å². The number of amides is 1. The van der Waals surface area contributed by atoms with Crippen molar-refractivity contribution in [1.29, 1.82) is 0 Å². The number of aliphatic carboxylic acids is 1. The minimum atomic E-state index is -1.03. The van der Waals surface area contributed by atoms with Gasteiger partial charge in [0, 0.05) is 31.4 Å². The number of hydrogen-bond donors (Lipinski definition) is 1. The predicted molar refractivity (Wildman–Crippen MR) is 91.8 cm³/mol. The Balaban J connectivity index is 2.16. The van der Waals surface area contributed by atoms with Gasteiger partial charge in [0.15, 0.2) is 0 Å². The van der Waals surface area contributed by atoms with Gasteiger partial charge in [0.05, 0.1) is 14.2 Å². The van der Waals surface area contributed by atoms with Crippen molar-refractivity contribution < 1.29 is 28.9 Å². The van der Waals surface area contributed by atoms with Crippen molar-refractivity contribution in [2.45, 2.75) is 18.9 Å². The van der Waals surface area contributed by atoms with Crippen LogP contribution in [0, 0.1) is 0 Å². The molecule has 1 aliphatic heterocycles. The van der Waals surface area contributed by atoms with Gasteiger partial charge in [-0.2, -0.15) is 0 Å². The number of carbonyl (C=O) groups is 2. The molecule has 1 amide bonds. The van der Waals surface area contributed by atoms with Crippen LogP contribution in [0.3, 0.4) is 0 Å². The average molecular weight is 349 g/mol. The summed E-state index contributed by atoms with van der Waals surface area (Å²) in [7, 11) is 3.10. The van der Waals surface area contributed by atoms with E-state index in [0.717, 1.165) is 5.56 Å². The van der Waals surface area contributed by atoms with Crippen molar-refractivity contribution in [2.75, 3.05) is 34.0 Å². The van der Waals surface area contributed by atoms with Gasteiger partial charge in [0.1, 0.15) is 18.0 Å². The molecule has 136 valence electrons. The monoisotopic (exact) mass is 349 g/mol. The second-order valence-electron chi connectivity index (χ2n) is 5.68. The van der Waals surface area contributed by atoms with Crippen LogP contribution in [0.4, 0.5) is 0 Å². The molecule has 0 aliphatic carbocycles. The second kappa shape index (κ2) is 9.08. The first-order valence-electron chi connectivity index (χ1n) is 8.04. The highest BCUT2D eigenvalue weighted by Crippen LogP contribution is 2.23. The van der Waals surface area contributed by atoms with Crippen molar-refractivity contribution in [3.63, 3.8) is 0 Å². The molecule has 0 spiro atoms. The molecular weight excluding hydrogens is 326 g/mol. The van der Waals surface area contributed by atoms with E-state index in [9.17, 15) is 9.59 Å². The highest BCUT2D eigenvalue weighted by molar-refractivity contribution is 5.93. The SMILES string of the molecule is COc1cc(C=CC(=O)N(CC(=O)O)C2CCOCC2)cc(OC)c1. The number of rotatable bonds is 7. The van der Waals surface area contributed by atoms with Crippen molar-refractivity contribution in [3.05, 3.63) is 29.8 Å². The van der Waals surface area contributed by atoms with Crippen LogP contribution in [0.5, 0.6) is 11.5 Å². The van der Waals surface area contributed by atoms with Gasteiger partial charge in [-0.1, -0.05) is 0 Å². The van der Waals surface area contributed by atoms with Gasteiger partial charge < -0.3 is 24.2 Å². The molecule has 1 aromatic carbocycles. The molecule has 0 aromatic heterocycles. The maximum atomic E-state index is 12.5. The largest absolute Gasteiger partial charge is 0.497 e. The molecule has 0 radical (unpaired) electrons. The molecule has 0 bridgehead atoms. The molecule has 1 fully saturated rings. The number of benzene rings is 1. The topological polar surface area (TPSA) is 85.3 Å². The third-order valence-electron chi connectivity index (χ3n) is 4.01. The Morgan fingerprint density at radius 3 is 2.32 bits per heavy atom. The third-order valence-corrected chi connectivity index (χ3v) is 4.01. The highest BCUT2D eigenvalue weighted by Gasteiger charge is 2.26. The number of methoxy groups -OCH3 is 2. The first kappa shape index (κ1) is 18.8. The van der Waals surface area contributed by atoms with Crippen LogP contribution in [-0.4, -0.2) is 61.9 Å². The minimum Gasteiger partial charge on any atom is -0.497 e. The van der Waals surface area contributed by atoms with E-state index in [0.29, 0.717) is 37.6 Å². The summed E-state index contributed by atoms with van der Waals surface area (Å²) in [6.45, 7) is 0.741. The van der Waals surface area contributed by atoms with E-state index in [-0.39, 0.29) is 18.5 Å². The van der Waals surface area contributed by atoms with Gasteiger partial charge in [-0.15, -0.1) is 0 Å². The molecule has 2 rings (SSSR count). The van der Waals surface area contributed by atoms with E-state index in [2.05, 4.69) is 0 Å². The fourth-order valence-electron chi connectivity index (χ4n) is 2.72. The normalized spacial score (nSPS) is 15.1. The summed E-state index contributed by atoms with van der Waals surface area (Å²) in [4.78, 5) is 25.0. The first-order valence-corrected chi connectivity index (χ1v) is 8.04. The molecule has 1 aliphatic rings. The van der Waals surface area contributed by atoms with Crippen LogP contribution >= 0.6 is 0 Å². The predicted octanol–water partition coefficient (Wildman–Crippen LogP) is 1.81. The maximum absolute atomic E-state index is 12.5. The molecular formula is C18H23NO6.